The van der Waals surface area contributed by atoms with Crippen molar-refractivity contribution in [3.8, 4) is 0 Å². The highest BCUT2D eigenvalue weighted by Gasteiger charge is 2.21. The Morgan fingerprint density at radius 3 is 2.63 bits per heavy atom. The van der Waals surface area contributed by atoms with Crippen LogP contribution in [0.1, 0.15) is 17.3 Å². The van der Waals surface area contributed by atoms with Gasteiger partial charge in [-0.15, -0.1) is 0 Å². The Bertz CT molecular complexity index is 558. The lowest BCUT2D eigenvalue weighted by atomic mass is 10.1. The lowest BCUT2D eigenvalue weighted by Gasteiger charge is -2.16. The van der Waals surface area contributed by atoms with Crippen LogP contribution in [-0.4, -0.2) is 23.0 Å². The Kier molecular flexibility index (Phi) is 4.07. The van der Waals surface area contributed by atoms with Crippen molar-refractivity contribution in [3.05, 3.63) is 53.9 Å². The van der Waals surface area contributed by atoms with Crippen LogP contribution >= 0.6 is 0 Å². The average molecular weight is 257 g/mol. The first-order valence-corrected chi connectivity index (χ1v) is 5.89. The van der Waals surface area contributed by atoms with Crippen molar-refractivity contribution in [1.29, 1.82) is 0 Å². The number of rotatable bonds is 4. The number of hydrogen-bond acceptors (Lipinski definition) is 5. The van der Waals surface area contributed by atoms with Gasteiger partial charge in [-0.2, -0.15) is 0 Å². The molecule has 0 saturated heterocycles. The second kappa shape index (κ2) is 5.95. The molecule has 0 aliphatic carbocycles. The fourth-order valence-electron chi connectivity index (χ4n) is 1.69. The number of anilines is 1. The maximum absolute atomic E-state index is 11.9. The lowest BCUT2D eigenvalue weighted by molar-refractivity contribution is -0.141. The number of ether oxygens (including phenoxy) is 1. The van der Waals surface area contributed by atoms with Crippen LogP contribution in [0.5, 0.6) is 0 Å². The first-order chi connectivity index (χ1) is 9.20. The molecule has 1 atom stereocenters. The molecule has 2 rings (SSSR count). The van der Waals surface area contributed by atoms with E-state index in [2.05, 4.69) is 15.3 Å². The van der Waals surface area contributed by atoms with E-state index in [0.29, 0.717) is 5.95 Å². The van der Waals surface area contributed by atoms with Gasteiger partial charge in [0.2, 0.25) is 5.95 Å². The predicted octanol–water partition coefficient (Wildman–Crippen LogP) is 2.11. The fraction of sp³-hybridized carbons (Fsp3) is 0.214. The standard InChI is InChI=1S/C14H15N3O2/c1-10-8-9-15-14(16-10)17-12(13(18)19-2)11-6-4-3-5-7-11/h3-9,12H,1-2H3,(H,15,16,17). The van der Waals surface area contributed by atoms with Gasteiger partial charge in [0.15, 0.2) is 6.04 Å². The van der Waals surface area contributed by atoms with Crippen LogP contribution in [-0.2, 0) is 9.53 Å². The van der Waals surface area contributed by atoms with E-state index < -0.39 is 6.04 Å². The summed E-state index contributed by atoms with van der Waals surface area (Å²) in [5.41, 5.74) is 1.63. The smallest absolute Gasteiger partial charge is 0.333 e. The van der Waals surface area contributed by atoms with E-state index in [4.69, 9.17) is 4.74 Å². The third kappa shape index (κ3) is 3.28. The molecule has 2 aromatic rings. The van der Waals surface area contributed by atoms with E-state index in [1.165, 1.54) is 7.11 Å². The molecule has 1 N–H and O–H groups in total. The first kappa shape index (κ1) is 13.0. The van der Waals surface area contributed by atoms with E-state index >= 15 is 0 Å². The summed E-state index contributed by atoms with van der Waals surface area (Å²) in [6.45, 7) is 1.86. The van der Waals surface area contributed by atoms with Gasteiger partial charge in [-0.05, 0) is 18.6 Å². The van der Waals surface area contributed by atoms with Crippen molar-refractivity contribution in [2.24, 2.45) is 0 Å². The minimum absolute atomic E-state index is 0.378. The quantitative estimate of drug-likeness (QED) is 0.850. The van der Waals surface area contributed by atoms with E-state index in [1.54, 1.807) is 12.3 Å². The molecule has 0 saturated carbocycles. The summed E-state index contributed by atoms with van der Waals surface area (Å²) in [5, 5.41) is 2.99. The van der Waals surface area contributed by atoms with Crippen LogP contribution in [0.15, 0.2) is 42.6 Å². The number of nitrogens with zero attached hydrogens (tertiary/aromatic N) is 2. The molecule has 19 heavy (non-hydrogen) atoms. The second-order valence-corrected chi connectivity index (χ2v) is 4.03. The van der Waals surface area contributed by atoms with Crippen LogP contribution in [0.25, 0.3) is 0 Å². The van der Waals surface area contributed by atoms with Gasteiger partial charge >= 0.3 is 5.97 Å². The van der Waals surface area contributed by atoms with Crippen LogP contribution in [0, 0.1) is 6.92 Å². The van der Waals surface area contributed by atoms with Crippen molar-refractivity contribution in [1.82, 2.24) is 9.97 Å². The number of nitrogens with one attached hydrogen (secondary N) is 1. The number of methoxy groups -OCH3 is 1. The molecule has 0 aliphatic heterocycles. The number of benzene rings is 1. The van der Waals surface area contributed by atoms with E-state index in [0.717, 1.165) is 11.3 Å². The molecule has 0 bridgehead atoms. The molecular weight excluding hydrogens is 242 g/mol. The lowest BCUT2D eigenvalue weighted by Crippen LogP contribution is -2.23. The molecule has 0 radical (unpaired) electrons. The Labute approximate surface area is 111 Å². The largest absolute Gasteiger partial charge is 0.467 e. The number of carbonyl (C=O) groups excluding carboxylic acids is 1. The van der Waals surface area contributed by atoms with E-state index in [-0.39, 0.29) is 5.97 Å². The number of esters is 1. The number of carbonyl (C=O) groups is 1. The minimum Gasteiger partial charge on any atom is -0.467 e. The highest BCUT2D eigenvalue weighted by atomic mass is 16.5. The molecule has 1 aromatic heterocycles. The molecule has 98 valence electrons. The van der Waals surface area contributed by atoms with Gasteiger partial charge in [0, 0.05) is 11.9 Å². The summed E-state index contributed by atoms with van der Waals surface area (Å²) < 4.78 is 4.81. The van der Waals surface area contributed by atoms with Crippen molar-refractivity contribution < 1.29 is 9.53 Å². The third-order valence-electron chi connectivity index (χ3n) is 2.64. The molecule has 1 heterocycles. The van der Waals surface area contributed by atoms with Gasteiger partial charge < -0.3 is 10.1 Å². The van der Waals surface area contributed by atoms with Gasteiger partial charge in [0.05, 0.1) is 7.11 Å². The zero-order chi connectivity index (χ0) is 13.7. The predicted molar refractivity (Wildman–Crippen MR) is 71.6 cm³/mol. The first-order valence-electron chi connectivity index (χ1n) is 5.89. The summed E-state index contributed by atoms with van der Waals surface area (Å²) in [5.74, 6) is 0.0237. The summed E-state index contributed by atoms with van der Waals surface area (Å²) in [6, 6.07) is 10.5. The Balaban J connectivity index is 2.27. The van der Waals surface area contributed by atoms with Crippen molar-refractivity contribution >= 4 is 11.9 Å². The van der Waals surface area contributed by atoms with Crippen LogP contribution in [0.4, 0.5) is 5.95 Å². The molecular formula is C14H15N3O2. The molecule has 5 nitrogen and oxygen atoms in total. The molecule has 0 amide bonds. The van der Waals surface area contributed by atoms with Gasteiger partial charge in [-0.25, -0.2) is 14.8 Å². The van der Waals surface area contributed by atoms with Gasteiger partial charge in [0.25, 0.3) is 0 Å². The normalized spacial score (nSPS) is 11.7. The van der Waals surface area contributed by atoms with Gasteiger partial charge in [-0.3, -0.25) is 0 Å². The van der Waals surface area contributed by atoms with Crippen molar-refractivity contribution in [3.63, 3.8) is 0 Å². The minimum atomic E-state index is -0.618. The van der Waals surface area contributed by atoms with Gasteiger partial charge in [-0.1, -0.05) is 30.3 Å². The van der Waals surface area contributed by atoms with Crippen LogP contribution in [0.3, 0.4) is 0 Å². The fourth-order valence-corrected chi connectivity index (χ4v) is 1.69. The monoisotopic (exact) mass is 257 g/mol. The molecule has 0 aliphatic rings. The highest BCUT2D eigenvalue weighted by molar-refractivity contribution is 5.80. The summed E-state index contributed by atoms with van der Waals surface area (Å²) in [4.78, 5) is 20.2. The Hall–Kier alpha value is -2.43. The number of aromatic nitrogens is 2. The highest BCUT2D eigenvalue weighted by Crippen LogP contribution is 2.18. The van der Waals surface area contributed by atoms with Crippen LogP contribution in [0.2, 0.25) is 0 Å². The SMILES string of the molecule is COC(=O)C(Nc1nccc(C)n1)c1ccccc1. The third-order valence-corrected chi connectivity index (χ3v) is 2.64. The molecule has 5 heteroatoms. The second-order valence-electron chi connectivity index (χ2n) is 4.03. The average Bonchev–Trinajstić information content (AvgIpc) is 2.45. The topological polar surface area (TPSA) is 64.1 Å². The van der Waals surface area contributed by atoms with E-state index in [1.807, 2.05) is 37.3 Å². The maximum atomic E-state index is 11.9. The Morgan fingerprint density at radius 2 is 2.00 bits per heavy atom. The zero-order valence-electron chi connectivity index (χ0n) is 10.8. The molecule has 0 spiro atoms. The molecule has 0 fully saturated rings. The summed E-state index contributed by atoms with van der Waals surface area (Å²) in [6.07, 6.45) is 1.64. The number of hydrogen-bond donors (Lipinski definition) is 1. The Morgan fingerprint density at radius 1 is 1.26 bits per heavy atom. The van der Waals surface area contributed by atoms with Gasteiger partial charge in [0.1, 0.15) is 0 Å². The van der Waals surface area contributed by atoms with E-state index in [9.17, 15) is 4.79 Å². The van der Waals surface area contributed by atoms with Crippen molar-refractivity contribution in [2.45, 2.75) is 13.0 Å². The molecule has 1 aromatic carbocycles. The summed E-state index contributed by atoms with van der Waals surface area (Å²) >= 11 is 0. The van der Waals surface area contributed by atoms with Crippen molar-refractivity contribution in [2.75, 3.05) is 12.4 Å². The van der Waals surface area contributed by atoms with Crippen LogP contribution < -0.4 is 5.32 Å². The zero-order valence-corrected chi connectivity index (χ0v) is 10.8. The molecule has 1 unspecified atom stereocenters. The number of aryl methyl sites for hydroxylation is 1. The maximum Gasteiger partial charge on any atom is 0.333 e. The summed E-state index contributed by atoms with van der Waals surface area (Å²) in [7, 11) is 1.36.